The fourth-order valence-corrected chi connectivity index (χ4v) is 10.2. The zero-order valence-electron chi connectivity index (χ0n) is 35.9. The summed E-state index contributed by atoms with van der Waals surface area (Å²) in [6.45, 7) is 8.73. The van der Waals surface area contributed by atoms with E-state index in [0.717, 1.165) is 80.5 Å². The number of rotatable bonds is 13. The molecular weight excluding hydrogens is 795 g/mol. The van der Waals surface area contributed by atoms with Crippen molar-refractivity contribution in [3.63, 3.8) is 0 Å². The van der Waals surface area contributed by atoms with Crippen molar-refractivity contribution in [2.45, 2.75) is 96.1 Å². The molecule has 4 saturated heterocycles. The average molecular weight is 856 g/mol. The van der Waals surface area contributed by atoms with Crippen LogP contribution in [0.4, 0.5) is 15.3 Å². The van der Waals surface area contributed by atoms with E-state index >= 15 is 0 Å². The third-order valence-corrected chi connectivity index (χ3v) is 13.8. The Morgan fingerprint density at radius 2 is 1.56 bits per heavy atom. The van der Waals surface area contributed by atoms with Gasteiger partial charge in [-0.2, -0.15) is 0 Å². The van der Waals surface area contributed by atoms with E-state index in [2.05, 4.69) is 15.2 Å². The van der Waals surface area contributed by atoms with Gasteiger partial charge in [0, 0.05) is 76.9 Å². The van der Waals surface area contributed by atoms with Crippen LogP contribution < -0.4 is 11.1 Å². The summed E-state index contributed by atoms with van der Waals surface area (Å²) in [6.07, 6.45) is 6.84. The highest BCUT2D eigenvalue weighted by Gasteiger charge is 2.37. The van der Waals surface area contributed by atoms with Crippen molar-refractivity contribution in [3.05, 3.63) is 63.6 Å². The molecule has 0 saturated carbocycles. The highest BCUT2D eigenvalue weighted by Crippen LogP contribution is 2.33. The van der Waals surface area contributed by atoms with E-state index in [4.69, 9.17) is 13.9 Å². The summed E-state index contributed by atoms with van der Waals surface area (Å²) in [4.78, 5) is 89.8. The molecule has 0 aliphatic carbocycles. The Hall–Kier alpha value is -5.38. The van der Waals surface area contributed by atoms with Gasteiger partial charge in [-0.15, -0.1) is 0 Å². The monoisotopic (exact) mass is 855 g/mol. The first kappa shape index (κ1) is 43.3. The number of esters is 1. The summed E-state index contributed by atoms with van der Waals surface area (Å²) in [5, 5.41) is 3.05. The quantitative estimate of drug-likeness (QED) is 0.177. The summed E-state index contributed by atoms with van der Waals surface area (Å²) in [7, 11) is 0. The Labute approximate surface area is 362 Å². The molecule has 0 spiro atoms. The number of H-pyrrole nitrogens is 1. The summed E-state index contributed by atoms with van der Waals surface area (Å²) in [5.74, 6) is 0.239. The van der Waals surface area contributed by atoms with E-state index in [1.54, 1.807) is 11.0 Å². The molecule has 8 rings (SSSR count). The number of carbonyl (C=O) groups excluding carboxylic acids is 5. The third kappa shape index (κ3) is 10.4. The van der Waals surface area contributed by atoms with E-state index in [0.29, 0.717) is 107 Å². The Morgan fingerprint density at radius 1 is 0.839 bits per heavy atom. The molecule has 0 unspecified atom stereocenters. The number of urea groups is 1. The van der Waals surface area contributed by atoms with Gasteiger partial charge in [0.1, 0.15) is 0 Å². The zero-order valence-corrected chi connectivity index (χ0v) is 35.9. The van der Waals surface area contributed by atoms with Crippen LogP contribution in [-0.2, 0) is 36.7 Å². The van der Waals surface area contributed by atoms with Crippen LogP contribution in [0.15, 0.2) is 45.6 Å². The first-order chi connectivity index (χ1) is 30.1. The van der Waals surface area contributed by atoms with Crippen LogP contribution in [0, 0.1) is 18.8 Å². The van der Waals surface area contributed by atoms with E-state index in [1.165, 1.54) is 0 Å². The number of hydrogen-bond acceptors (Lipinski definition) is 10. The molecule has 2 N–H and O–H groups in total. The van der Waals surface area contributed by atoms with E-state index in [-0.39, 0.29) is 36.3 Å². The number of amides is 5. The number of para-hydroxylation sites is 1. The van der Waals surface area contributed by atoms with E-state index in [1.807, 2.05) is 52.0 Å². The molecule has 334 valence electrons. The standard InChI is InChI=1S/C46H61N7O9/c1-31-28-32(29-38-42(31)48-45(58)61-38)30-39(62-46(59)52-24-14-36(15-25-52)53-26-13-35-6-2-3-7-37(35)47-44(53)57)43(56)51-22-11-34(12-23-51)33-9-19-49(20-10-33)21-16-41(55)60-27-5-18-50-17-4-8-40(50)54/h2-3,6-7,28-29,33-34,36,39H,4-5,8-27,30H2,1H3,(H,47,57)(H,48,58)/t39-/m1/s1. The van der Waals surface area contributed by atoms with Crippen LogP contribution >= 0.6 is 0 Å². The number of likely N-dealkylation sites (tertiary alicyclic amines) is 4. The largest absolute Gasteiger partial charge is 0.466 e. The number of nitrogens with zero attached hydrogens (tertiary/aromatic N) is 5. The SMILES string of the molecule is Cc1cc(C[C@@H](OC(=O)N2CCC(N3CCc4ccccc4NC3=O)CC2)C(=O)N2CCC(C3CCN(CCC(=O)OCCCN4CCCC4=O)CC3)CC2)cc2oc(=O)[nH]c12. The van der Waals surface area contributed by atoms with E-state index in [9.17, 15) is 28.8 Å². The van der Waals surface area contributed by atoms with Crippen LogP contribution in [0.5, 0.6) is 0 Å². The number of ether oxygens (including phenoxy) is 2. The van der Waals surface area contributed by atoms with Gasteiger partial charge in [0.25, 0.3) is 5.91 Å². The first-order valence-electron chi connectivity index (χ1n) is 22.8. The molecule has 16 nitrogen and oxygen atoms in total. The second-order valence-corrected chi connectivity index (χ2v) is 17.8. The minimum atomic E-state index is -1.07. The van der Waals surface area contributed by atoms with Gasteiger partial charge in [-0.3, -0.25) is 19.4 Å². The van der Waals surface area contributed by atoms with Gasteiger partial charge in [-0.1, -0.05) is 24.3 Å². The Morgan fingerprint density at radius 3 is 2.31 bits per heavy atom. The molecule has 4 fully saturated rings. The van der Waals surface area contributed by atoms with Gasteiger partial charge in [-0.25, -0.2) is 14.4 Å². The van der Waals surface area contributed by atoms with Crippen molar-refractivity contribution in [1.29, 1.82) is 0 Å². The average Bonchev–Trinajstić information content (AvgIpc) is 3.83. The van der Waals surface area contributed by atoms with Crippen LogP contribution in [0.2, 0.25) is 0 Å². The van der Waals surface area contributed by atoms with Gasteiger partial charge in [0.05, 0.1) is 18.5 Å². The predicted molar refractivity (Wildman–Crippen MR) is 230 cm³/mol. The molecule has 5 aliphatic heterocycles. The molecule has 0 radical (unpaired) electrons. The van der Waals surface area contributed by atoms with Crippen molar-refractivity contribution in [2.24, 2.45) is 11.8 Å². The lowest BCUT2D eigenvalue weighted by atomic mass is 9.78. The van der Waals surface area contributed by atoms with Crippen LogP contribution in [0.3, 0.4) is 0 Å². The molecule has 5 aliphatic rings. The number of hydrogen-bond donors (Lipinski definition) is 2. The highest BCUT2D eigenvalue weighted by molar-refractivity contribution is 5.91. The number of nitrogens with one attached hydrogen (secondary N) is 2. The van der Waals surface area contributed by atoms with Crippen molar-refractivity contribution >= 4 is 46.7 Å². The van der Waals surface area contributed by atoms with Crippen LogP contribution in [-0.4, -0.2) is 144 Å². The van der Waals surface area contributed by atoms with Gasteiger partial charge < -0.3 is 43.7 Å². The van der Waals surface area contributed by atoms with Gasteiger partial charge in [0.2, 0.25) is 5.91 Å². The number of anilines is 1. The maximum absolute atomic E-state index is 14.3. The number of aromatic nitrogens is 1. The Kier molecular flexibility index (Phi) is 13.8. The Bertz CT molecular complexity index is 2150. The normalized spacial score (nSPS) is 20.3. The minimum absolute atomic E-state index is 0.0243. The zero-order chi connectivity index (χ0) is 43.2. The Balaban J connectivity index is 0.817. The molecule has 1 atom stereocenters. The topological polar surface area (TPSA) is 178 Å². The summed E-state index contributed by atoms with van der Waals surface area (Å²) >= 11 is 0. The van der Waals surface area contributed by atoms with Crippen molar-refractivity contribution < 1.29 is 37.9 Å². The smallest absolute Gasteiger partial charge is 0.417 e. The summed E-state index contributed by atoms with van der Waals surface area (Å²) in [5.41, 5.74) is 4.44. The van der Waals surface area contributed by atoms with Crippen LogP contribution in [0.25, 0.3) is 11.1 Å². The van der Waals surface area contributed by atoms with Gasteiger partial charge >= 0.3 is 23.8 Å². The molecule has 2 aromatic carbocycles. The number of benzene rings is 2. The summed E-state index contributed by atoms with van der Waals surface area (Å²) in [6, 6.07) is 11.3. The second kappa shape index (κ2) is 19.8. The van der Waals surface area contributed by atoms with Gasteiger partial charge in [-0.05, 0) is 118 Å². The first-order valence-corrected chi connectivity index (χ1v) is 22.8. The maximum Gasteiger partial charge on any atom is 0.417 e. The van der Waals surface area contributed by atoms with Crippen LogP contribution in [0.1, 0.15) is 80.9 Å². The fraction of sp³-hybridized carbons (Fsp3) is 0.609. The third-order valence-electron chi connectivity index (χ3n) is 13.8. The summed E-state index contributed by atoms with van der Waals surface area (Å²) < 4.78 is 16.9. The fourth-order valence-electron chi connectivity index (χ4n) is 10.2. The van der Waals surface area contributed by atoms with Crippen molar-refractivity contribution in [3.8, 4) is 0 Å². The molecule has 3 aromatic rings. The van der Waals surface area contributed by atoms with Crippen molar-refractivity contribution in [2.75, 3.05) is 77.4 Å². The number of fused-ring (bicyclic) bond motifs is 2. The number of oxazole rings is 1. The maximum atomic E-state index is 14.3. The number of carbonyl (C=O) groups is 5. The van der Waals surface area contributed by atoms with Crippen molar-refractivity contribution in [1.82, 2.24) is 29.5 Å². The number of piperidine rings is 3. The number of aryl methyl sites for hydroxylation is 1. The molecule has 5 amide bonds. The molecule has 62 heavy (non-hydrogen) atoms. The molecular formula is C46H61N7O9. The predicted octanol–water partition coefficient (Wildman–Crippen LogP) is 4.93. The molecule has 6 heterocycles. The molecule has 0 bridgehead atoms. The lowest BCUT2D eigenvalue weighted by Crippen LogP contribution is -2.52. The second-order valence-electron chi connectivity index (χ2n) is 17.8. The lowest BCUT2D eigenvalue weighted by Gasteiger charge is -2.41. The number of aromatic amines is 1. The molecule has 16 heteroatoms. The lowest BCUT2D eigenvalue weighted by molar-refractivity contribution is -0.144. The highest BCUT2D eigenvalue weighted by atomic mass is 16.6. The van der Waals surface area contributed by atoms with Gasteiger partial charge in [0.15, 0.2) is 11.7 Å². The minimum Gasteiger partial charge on any atom is -0.466 e. The van der Waals surface area contributed by atoms with E-state index < -0.39 is 18.0 Å². The molecule has 1 aromatic heterocycles.